The molecule has 1 fully saturated rings. The van der Waals surface area contributed by atoms with Crippen LogP contribution >= 0.6 is 0 Å². The van der Waals surface area contributed by atoms with Gasteiger partial charge in [0.15, 0.2) is 0 Å². The highest BCUT2D eigenvalue weighted by atomic mass is 16.6. The zero-order chi connectivity index (χ0) is 13.8. The summed E-state index contributed by atoms with van der Waals surface area (Å²) >= 11 is 0. The third-order valence-electron chi connectivity index (χ3n) is 3.89. The summed E-state index contributed by atoms with van der Waals surface area (Å²) in [6, 6.07) is 4.70. The molecule has 0 atom stereocenters. The summed E-state index contributed by atoms with van der Waals surface area (Å²) in [6.07, 6.45) is 6.52. The van der Waals surface area contributed by atoms with Crippen LogP contribution in [-0.4, -0.2) is 18.5 Å². The van der Waals surface area contributed by atoms with E-state index < -0.39 is 4.92 Å². The average molecular weight is 263 g/mol. The van der Waals surface area contributed by atoms with E-state index in [1.807, 2.05) is 7.05 Å². The van der Waals surface area contributed by atoms with Gasteiger partial charge >= 0.3 is 0 Å². The smallest absolute Gasteiger partial charge is 0.271 e. The molecule has 0 radical (unpaired) electrons. The molecule has 0 aromatic heterocycles. The number of nitrogen functional groups attached to an aromatic ring is 1. The summed E-state index contributed by atoms with van der Waals surface area (Å²) in [7, 11) is 2.01. The van der Waals surface area contributed by atoms with Crippen molar-refractivity contribution in [2.45, 2.75) is 32.1 Å². The molecule has 0 unspecified atom stereocenters. The molecule has 0 heterocycles. The van der Waals surface area contributed by atoms with Crippen molar-refractivity contribution in [1.82, 2.24) is 0 Å². The van der Waals surface area contributed by atoms with Crippen molar-refractivity contribution in [2.24, 2.45) is 5.92 Å². The Morgan fingerprint density at radius 3 is 2.63 bits per heavy atom. The summed E-state index contributed by atoms with van der Waals surface area (Å²) in [5.74, 6) is 0.716. The van der Waals surface area contributed by atoms with Gasteiger partial charge < -0.3 is 10.6 Å². The number of benzene rings is 1. The van der Waals surface area contributed by atoms with Crippen molar-refractivity contribution >= 4 is 17.1 Å². The lowest BCUT2D eigenvalue weighted by Gasteiger charge is -2.29. The number of nitro benzene ring substituents is 1. The Hall–Kier alpha value is -1.78. The first-order valence-electron chi connectivity index (χ1n) is 6.83. The quantitative estimate of drug-likeness (QED) is 0.514. The molecule has 0 aliphatic heterocycles. The minimum atomic E-state index is -0.415. The van der Waals surface area contributed by atoms with E-state index in [1.165, 1.54) is 44.2 Å². The molecule has 0 bridgehead atoms. The maximum atomic E-state index is 10.7. The predicted octanol–water partition coefficient (Wildman–Crippen LogP) is 3.19. The SMILES string of the molecule is CN(CC1CCCCC1)c1ccc([N+](=O)[O-])cc1N. The minimum absolute atomic E-state index is 0.0484. The maximum absolute atomic E-state index is 10.7. The number of nitro groups is 1. The zero-order valence-corrected chi connectivity index (χ0v) is 11.3. The Balaban J connectivity index is 2.05. The van der Waals surface area contributed by atoms with Crippen LogP contribution in [0.4, 0.5) is 17.1 Å². The van der Waals surface area contributed by atoms with Crippen LogP contribution in [0.2, 0.25) is 0 Å². The highest BCUT2D eigenvalue weighted by molar-refractivity contribution is 5.70. The summed E-state index contributed by atoms with van der Waals surface area (Å²) in [5, 5.41) is 10.7. The van der Waals surface area contributed by atoms with Gasteiger partial charge in [0.2, 0.25) is 0 Å². The topological polar surface area (TPSA) is 72.4 Å². The fourth-order valence-electron chi connectivity index (χ4n) is 2.86. The van der Waals surface area contributed by atoms with Crippen molar-refractivity contribution < 1.29 is 4.92 Å². The number of rotatable bonds is 4. The second-order valence-corrected chi connectivity index (χ2v) is 5.38. The molecule has 0 spiro atoms. The van der Waals surface area contributed by atoms with Crippen LogP contribution < -0.4 is 10.6 Å². The Bertz CT molecular complexity index is 456. The molecule has 0 saturated heterocycles. The maximum Gasteiger partial charge on any atom is 0.271 e. The normalized spacial score (nSPS) is 16.3. The van der Waals surface area contributed by atoms with Gasteiger partial charge in [0.1, 0.15) is 0 Å². The van der Waals surface area contributed by atoms with Crippen LogP contribution in [0.25, 0.3) is 0 Å². The first kappa shape index (κ1) is 13.6. The van der Waals surface area contributed by atoms with Crippen LogP contribution in [0.5, 0.6) is 0 Å². The molecule has 5 nitrogen and oxygen atoms in total. The molecule has 1 aliphatic rings. The van der Waals surface area contributed by atoms with Gasteiger partial charge in [-0.15, -0.1) is 0 Å². The number of nitrogens with two attached hydrogens (primary N) is 1. The van der Waals surface area contributed by atoms with Gasteiger partial charge in [-0.1, -0.05) is 19.3 Å². The standard InChI is InChI=1S/C14H21N3O2/c1-16(10-11-5-3-2-4-6-11)14-8-7-12(17(18)19)9-13(14)15/h7-9,11H,2-6,10,15H2,1H3. The highest BCUT2D eigenvalue weighted by Crippen LogP contribution is 2.30. The minimum Gasteiger partial charge on any atom is -0.397 e. The van der Waals surface area contributed by atoms with Gasteiger partial charge in [-0.05, 0) is 24.8 Å². The van der Waals surface area contributed by atoms with Crippen molar-refractivity contribution in [3.05, 3.63) is 28.3 Å². The lowest BCUT2D eigenvalue weighted by molar-refractivity contribution is -0.384. The Morgan fingerprint density at radius 1 is 1.37 bits per heavy atom. The molecule has 2 N–H and O–H groups in total. The molecule has 5 heteroatoms. The van der Waals surface area contributed by atoms with Crippen LogP contribution in [0.15, 0.2) is 18.2 Å². The third kappa shape index (κ3) is 3.36. The summed E-state index contributed by atoms with van der Waals surface area (Å²) < 4.78 is 0. The van der Waals surface area contributed by atoms with E-state index in [9.17, 15) is 10.1 Å². The Kier molecular flexibility index (Phi) is 4.24. The molecule has 2 rings (SSSR count). The fourth-order valence-corrected chi connectivity index (χ4v) is 2.86. The second kappa shape index (κ2) is 5.91. The van der Waals surface area contributed by atoms with E-state index in [1.54, 1.807) is 6.07 Å². The van der Waals surface area contributed by atoms with E-state index in [2.05, 4.69) is 4.90 Å². The molecule has 104 valence electrons. The highest BCUT2D eigenvalue weighted by Gasteiger charge is 2.17. The monoisotopic (exact) mass is 263 g/mol. The van der Waals surface area contributed by atoms with Crippen LogP contribution in [0, 0.1) is 16.0 Å². The van der Waals surface area contributed by atoms with Gasteiger partial charge in [0, 0.05) is 25.7 Å². The van der Waals surface area contributed by atoms with Gasteiger partial charge in [0.05, 0.1) is 16.3 Å². The van der Waals surface area contributed by atoms with E-state index in [0.717, 1.165) is 12.2 Å². The average Bonchev–Trinajstić information content (AvgIpc) is 2.39. The number of anilines is 2. The van der Waals surface area contributed by atoms with Gasteiger partial charge in [-0.2, -0.15) is 0 Å². The number of hydrogen-bond acceptors (Lipinski definition) is 4. The lowest BCUT2D eigenvalue weighted by Crippen LogP contribution is -2.27. The van der Waals surface area contributed by atoms with E-state index in [0.29, 0.717) is 11.6 Å². The fraction of sp³-hybridized carbons (Fsp3) is 0.571. The van der Waals surface area contributed by atoms with Crippen LogP contribution in [0.1, 0.15) is 32.1 Å². The van der Waals surface area contributed by atoms with E-state index in [4.69, 9.17) is 5.73 Å². The molecule has 1 aromatic rings. The summed E-state index contributed by atoms with van der Waals surface area (Å²) in [4.78, 5) is 12.4. The predicted molar refractivity (Wildman–Crippen MR) is 77.4 cm³/mol. The van der Waals surface area contributed by atoms with Crippen molar-refractivity contribution in [2.75, 3.05) is 24.2 Å². The lowest BCUT2D eigenvalue weighted by atomic mass is 9.89. The number of nitrogens with zero attached hydrogens (tertiary/aromatic N) is 2. The molecule has 1 saturated carbocycles. The first-order chi connectivity index (χ1) is 9.08. The van der Waals surface area contributed by atoms with Gasteiger partial charge in [-0.3, -0.25) is 10.1 Å². The van der Waals surface area contributed by atoms with E-state index >= 15 is 0 Å². The molecule has 19 heavy (non-hydrogen) atoms. The van der Waals surface area contributed by atoms with Crippen molar-refractivity contribution in [3.8, 4) is 0 Å². The zero-order valence-electron chi connectivity index (χ0n) is 11.3. The van der Waals surface area contributed by atoms with Crippen molar-refractivity contribution in [3.63, 3.8) is 0 Å². The Labute approximate surface area is 113 Å². The summed E-state index contributed by atoms with van der Waals surface area (Å²) in [6.45, 7) is 0.974. The molecule has 1 aromatic carbocycles. The third-order valence-corrected chi connectivity index (χ3v) is 3.89. The molecule has 1 aliphatic carbocycles. The van der Waals surface area contributed by atoms with Crippen molar-refractivity contribution in [1.29, 1.82) is 0 Å². The number of non-ortho nitro benzene ring substituents is 1. The molecular formula is C14H21N3O2. The molecule has 0 amide bonds. The Morgan fingerprint density at radius 2 is 2.05 bits per heavy atom. The second-order valence-electron chi connectivity index (χ2n) is 5.38. The van der Waals surface area contributed by atoms with Gasteiger partial charge in [0.25, 0.3) is 5.69 Å². The van der Waals surface area contributed by atoms with Crippen LogP contribution in [-0.2, 0) is 0 Å². The van der Waals surface area contributed by atoms with E-state index in [-0.39, 0.29) is 5.69 Å². The van der Waals surface area contributed by atoms with Gasteiger partial charge in [-0.25, -0.2) is 0 Å². The molecular weight excluding hydrogens is 242 g/mol. The first-order valence-corrected chi connectivity index (χ1v) is 6.83. The largest absolute Gasteiger partial charge is 0.397 e. The van der Waals surface area contributed by atoms with Crippen LogP contribution in [0.3, 0.4) is 0 Å². The summed E-state index contributed by atoms with van der Waals surface area (Å²) in [5.41, 5.74) is 7.33. The number of hydrogen-bond donors (Lipinski definition) is 1.